The van der Waals surface area contributed by atoms with Gasteiger partial charge in [-0.15, -0.1) is 0 Å². The van der Waals surface area contributed by atoms with E-state index in [1.165, 1.54) is 6.07 Å². The monoisotopic (exact) mass is 290 g/mol. The van der Waals surface area contributed by atoms with Gasteiger partial charge in [0.1, 0.15) is 0 Å². The largest absolute Gasteiger partial charge is 0.478 e. The molecule has 0 amide bonds. The minimum absolute atomic E-state index is 0.0886. The number of nitrogens with one attached hydrogen (secondary N) is 1. The number of hydrogen-bond donors (Lipinski definition) is 3. The summed E-state index contributed by atoms with van der Waals surface area (Å²) < 4.78 is 0. The molecule has 104 valence electrons. The zero-order chi connectivity index (χ0) is 14.9. The predicted molar refractivity (Wildman–Crippen MR) is 82.0 cm³/mol. The van der Waals surface area contributed by atoms with Crippen LogP contribution < -0.4 is 11.1 Å². The first kappa shape index (κ1) is 14.2. The maximum Gasteiger partial charge on any atom is 0.337 e. The van der Waals surface area contributed by atoms with Crippen molar-refractivity contribution in [2.45, 2.75) is 13.8 Å². The number of hydrogen-bond acceptors (Lipinski definition) is 3. The number of nitrogen functional groups attached to an aromatic ring is 1. The summed E-state index contributed by atoms with van der Waals surface area (Å²) in [4.78, 5) is 11.1. The van der Waals surface area contributed by atoms with Gasteiger partial charge in [-0.05, 0) is 49.2 Å². The molecule has 2 aromatic carbocycles. The first-order valence-electron chi connectivity index (χ1n) is 6.05. The third kappa shape index (κ3) is 2.86. The van der Waals surface area contributed by atoms with Gasteiger partial charge in [-0.1, -0.05) is 17.7 Å². The highest BCUT2D eigenvalue weighted by atomic mass is 35.5. The average molecular weight is 291 g/mol. The molecule has 0 aliphatic carbocycles. The van der Waals surface area contributed by atoms with Crippen LogP contribution >= 0.6 is 11.6 Å². The van der Waals surface area contributed by atoms with Crippen molar-refractivity contribution in [3.8, 4) is 0 Å². The van der Waals surface area contributed by atoms with E-state index in [0.29, 0.717) is 16.3 Å². The maximum atomic E-state index is 11.1. The molecule has 5 heteroatoms. The smallest absolute Gasteiger partial charge is 0.337 e. The first-order chi connectivity index (χ1) is 9.38. The summed E-state index contributed by atoms with van der Waals surface area (Å²) >= 11 is 6.06. The van der Waals surface area contributed by atoms with Gasteiger partial charge in [0.25, 0.3) is 0 Å². The van der Waals surface area contributed by atoms with Crippen LogP contribution in [0.15, 0.2) is 30.3 Å². The second kappa shape index (κ2) is 5.43. The van der Waals surface area contributed by atoms with Crippen molar-refractivity contribution in [3.63, 3.8) is 0 Å². The number of nitrogens with two attached hydrogens (primary N) is 1. The molecule has 0 atom stereocenters. The van der Waals surface area contributed by atoms with Crippen molar-refractivity contribution in [1.82, 2.24) is 0 Å². The van der Waals surface area contributed by atoms with Crippen molar-refractivity contribution in [3.05, 3.63) is 52.0 Å². The van der Waals surface area contributed by atoms with Crippen LogP contribution in [-0.2, 0) is 0 Å². The minimum Gasteiger partial charge on any atom is -0.478 e. The molecule has 20 heavy (non-hydrogen) atoms. The Hall–Kier alpha value is -2.20. The van der Waals surface area contributed by atoms with Gasteiger partial charge < -0.3 is 16.2 Å². The Morgan fingerprint density at radius 1 is 1.15 bits per heavy atom. The molecule has 4 nitrogen and oxygen atoms in total. The molecule has 4 N–H and O–H groups in total. The van der Waals surface area contributed by atoms with Crippen molar-refractivity contribution >= 4 is 34.6 Å². The van der Waals surface area contributed by atoms with E-state index in [4.69, 9.17) is 22.4 Å². The van der Waals surface area contributed by atoms with Gasteiger partial charge in [-0.3, -0.25) is 0 Å². The lowest BCUT2D eigenvalue weighted by molar-refractivity contribution is 0.0698. The Bertz CT molecular complexity index is 684. The van der Waals surface area contributed by atoms with Crippen LogP contribution in [0.4, 0.5) is 17.1 Å². The van der Waals surface area contributed by atoms with Crippen molar-refractivity contribution in [2.75, 3.05) is 11.1 Å². The van der Waals surface area contributed by atoms with Gasteiger partial charge >= 0.3 is 5.97 Å². The van der Waals surface area contributed by atoms with Crippen molar-refractivity contribution < 1.29 is 9.90 Å². The second-order valence-corrected chi connectivity index (χ2v) is 5.06. The van der Waals surface area contributed by atoms with E-state index in [1.54, 1.807) is 19.1 Å². The standard InChI is InChI=1S/C15H15ClN2O2/c1-8-3-4-10(7-13(8)16)18-11-5-9(2)14(17)12(6-11)15(19)20/h3-7,18H,17H2,1-2H3,(H,19,20). The fourth-order valence-corrected chi connectivity index (χ4v) is 2.07. The number of benzene rings is 2. The number of aryl methyl sites for hydroxylation is 2. The number of aromatic carboxylic acids is 1. The number of carboxylic acid groups (broad SMARTS) is 1. The predicted octanol–water partition coefficient (Wildman–Crippen LogP) is 3.98. The third-order valence-corrected chi connectivity index (χ3v) is 3.48. The van der Waals surface area contributed by atoms with Gasteiger partial charge in [0.15, 0.2) is 0 Å². The van der Waals surface area contributed by atoms with Crippen molar-refractivity contribution in [1.29, 1.82) is 0 Å². The summed E-state index contributed by atoms with van der Waals surface area (Å²) in [6.07, 6.45) is 0. The van der Waals surface area contributed by atoms with Crippen LogP contribution in [-0.4, -0.2) is 11.1 Å². The quantitative estimate of drug-likeness (QED) is 0.747. The number of carboxylic acids is 1. The van der Waals surface area contributed by atoms with Gasteiger partial charge in [-0.2, -0.15) is 0 Å². The summed E-state index contributed by atoms with van der Waals surface area (Å²) in [5.41, 5.74) is 9.28. The molecule has 0 bridgehead atoms. The van der Waals surface area contributed by atoms with E-state index in [1.807, 2.05) is 19.1 Å². The Morgan fingerprint density at radius 2 is 1.85 bits per heavy atom. The lowest BCUT2D eigenvalue weighted by Crippen LogP contribution is -2.05. The molecular formula is C15H15ClN2O2. The van der Waals surface area contributed by atoms with E-state index in [2.05, 4.69) is 5.32 Å². The number of anilines is 3. The summed E-state index contributed by atoms with van der Waals surface area (Å²) in [5, 5.41) is 12.9. The number of carbonyl (C=O) groups is 1. The minimum atomic E-state index is -1.05. The van der Waals surface area contributed by atoms with E-state index in [-0.39, 0.29) is 11.3 Å². The highest BCUT2D eigenvalue weighted by Crippen LogP contribution is 2.27. The Morgan fingerprint density at radius 3 is 2.45 bits per heavy atom. The molecule has 0 aliphatic rings. The lowest BCUT2D eigenvalue weighted by Gasteiger charge is -2.12. The summed E-state index contributed by atoms with van der Waals surface area (Å²) in [5.74, 6) is -1.05. The van der Waals surface area contributed by atoms with Gasteiger partial charge in [0.05, 0.1) is 5.56 Å². The fourth-order valence-electron chi connectivity index (χ4n) is 1.88. The van der Waals surface area contributed by atoms with E-state index in [9.17, 15) is 4.79 Å². The summed E-state index contributed by atoms with van der Waals surface area (Å²) in [7, 11) is 0. The first-order valence-corrected chi connectivity index (χ1v) is 6.43. The molecule has 0 spiro atoms. The molecule has 0 aromatic heterocycles. The Kier molecular flexibility index (Phi) is 3.86. The van der Waals surface area contributed by atoms with Crippen molar-refractivity contribution in [2.24, 2.45) is 0 Å². The molecule has 0 saturated carbocycles. The topological polar surface area (TPSA) is 75.3 Å². The van der Waals surface area contributed by atoms with Crippen LogP contribution in [0.25, 0.3) is 0 Å². The summed E-state index contributed by atoms with van der Waals surface area (Å²) in [6, 6.07) is 8.89. The summed E-state index contributed by atoms with van der Waals surface area (Å²) in [6.45, 7) is 3.69. The number of halogens is 1. The normalized spacial score (nSPS) is 10.3. The number of rotatable bonds is 3. The van der Waals surface area contributed by atoms with E-state index >= 15 is 0 Å². The average Bonchev–Trinajstić information content (AvgIpc) is 2.37. The molecule has 0 fully saturated rings. The van der Waals surface area contributed by atoms with Crippen LogP contribution in [0.1, 0.15) is 21.5 Å². The van der Waals surface area contributed by atoms with Crippen LogP contribution in [0.2, 0.25) is 5.02 Å². The zero-order valence-corrected chi connectivity index (χ0v) is 12.0. The lowest BCUT2D eigenvalue weighted by atomic mass is 10.1. The van der Waals surface area contributed by atoms with Gasteiger partial charge in [0.2, 0.25) is 0 Å². The van der Waals surface area contributed by atoms with Crippen LogP contribution in [0.3, 0.4) is 0 Å². The SMILES string of the molecule is Cc1ccc(Nc2cc(C)c(N)c(C(=O)O)c2)cc1Cl. The molecule has 2 aromatic rings. The molecule has 0 radical (unpaired) electrons. The molecular weight excluding hydrogens is 276 g/mol. The van der Waals surface area contributed by atoms with E-state index < -0.39 is 5.97 Å². The second-order valence-electron chi connectivity index (χ2n) is 4.65. The van der Waals surface area contributed by atoms with Crippen LogP contribution in [0, 0.1) is 13.8 Å². The van der Waals surface area contributed by atoms with Gasteiger partial charge in [0, 0.05) is 22.1 Å². The zero-order valence-electron chi connectivity index (χ0n) is 11.2. The Labute approximate surface area is 122 Å². The van der Waals surface area contributed by atoms with Crippen LogP contribution in [0.5, 0.6) is 0 Å². The molecule has 2 rings (SSSR count). The maximum absolute atomic E-state index is 11.1. The van der Waals surface area contributed by atoms with Gasteiger partial charge in [-0.25, -0.2) is 4.79 Å². The fraction of sp³-hybridized carbons (Fsp3) is 0.133. The molecule has 0 saturated heterocycles. The third-order valence-electron chi connectivity index (χ3n) is 3.08. The Balaban J connectivity index is 2.38. The molecule has 0 unspecified atom stereocenters. The molecule has 0 aliphatic heterocycles. The highest BCUT2D eigenvalue weighted by molar-refractivity contribution is 6.31. The highest BCUT2D eigenvalue weighted by Gasteiger charge is 2.12. The van der Waals surface area contributed by atoms with E-state index in [0.717, 1.165) is 11.3 Å². The molecule has 0 heterocycles.